The molecule has 0 aromatic heterocycles. The molecule has 4 atom stereocenters. The minimum atomic E-state index is -0.420. The first-order valence-corrected chi connectivity index (χ1v) is 8.32. The van der Waals surface area contributed by atoms with Crippen LogP contribution in [-0.2, 0) is 14.4 Å². The molecule has 0 radical (unpaired) electrons. The van der Waals surface area contributed by atoms with Crippen molar-refractivity contribution in [2.75, 3.05) is 21.2 Å². The molecule has 0 N–H and O–H groups in total. The molecule has 2 bridgehead atoms. The van der Waals surface area contributed by atoms with Crippen molar-refractivity contribution in [1.82, 2.24) is 9.96 Å². The fourth-order valence-electron chi connectivity index (χ4n) is 3.95. The van der Waals surface area contributed by atoms with E-state index in [1.165, 1.54) is 12.2 Å². The maximum Gasteiger partial charge on any atom is 0.338 e. The van der Waals surface area contributed by atoms with Crippen molar-refractivity contribution in [3.63, 3.8) is 0 Å². The Hall–Kier alpha value is -1.92. The maximum absolute atomic E-state index is 12.8. The lowest BCUT2D eigenvalue weighted by Gasteiger charge is -2.42. The quantitative estimate of drug-likeness (QED) is 0.621. The fraction of sp³-hybridized carbons (Fsp3) is 0.556. The molecule has 1 aromatic carbocycles. The molecule has 130 valence electrons. The highest BCUT2D eigenvalue weighted by molar-refractivity contribution is 5.90. The number of rotatable bonds is 4. The Morgan fingerprint density at radius 2 is 1.92 bits per heavy atom. The zero-order chi connectivity index (χ0) is 17.3. The van der Waals surface area contributed by atoms with Gasteiger partial charge in [0.1, 0.15) is 6.10 Å². The van der Waals surface area contributed by atoms with Crippen molar-refractivity contribution in [2.45, 2.75) is 37.5 Å². The molecule has 2 saturated heterocycles. The number of ether oxygens (including phenoxy) is 1. The summed E-state index contributed by atoms with van der Waals surface area (Å²) in [5, 5.41) is 1.24. The average Bonchev–Trinajstić information content (AvgIpc) is 2.84. The zero-order valence-corrected chi connectivity index (χ0v) is 14.3. The standard InChI is InChI=1S/C18H24N2O4/c1-19-13-9-10-14(19)16(17(21)20(2)23-3)15(11-13)24-18(22)12-7-5-4-6-8-12/h4-8,13-16H,9-11H2,1-3H3/t13?,14?,15-,16+/m0/s1. The Kier molecular flexibility index (Phi) is 4.87. The van der Waals surface area contributed by atoms with Crippen LogP contribution >= 0.6 is 0 Å². The van der Waals surface area contributed by atoms with Crippen LogP contribution in [0.5, 0.6) is 0 Å². The molecule has 2 fully saturated rings. The molecule has 6 heteroatoms. The van der Waals surface area contributed by atoms with Gasteiger partial charge in [-0.2, -0.15) is 0 Å². The van der Waals surface area contributed by atoms with Crippen LogP contribution in [-0.4, -0.2) is 61.2 Å². The summed E-state index contributed by atoms with van der Waals surface area (Å²) in [6.07, 6.45) is 2.23. The second-order valence-electron chi connectivity index (χ2n) is 6.55. The van der Waals surface area contributed by atoms with E-state index in [2.05, 4.69) is 4.90 Å². The summed E-state index contributed by atoms with van der Waals surface area (Å²) in [7, 11) is 5.11. The molecular formula is C18H24N2O4. The number of carbonyl (C=O) groups excluding carboxylic acids is 2. The summed E-state index contributed by atoms with van der Waals surface area (Å²) in [5.74, 6) is -0.908. The van der Waals surface area contributed by atoms with E-state index in [-0.39, 0.29) is 17.9 Å². The van der Waals surface area contributed by atoms with Crippen molar-refractivity contribution < 1.29 is 19.2 Å². The molecule has 2 aliphatic heterocycles. The van der Waals surface area contributed by atoms with Crippen LogP contribution in [0.25, 0.3) is 0 Å². The number of amides is 1. The van der Waals surface area contributed by atoms with Crippen LogP contribution in [0.3, 0.4) is 0 Å². The molecule has 0 saturated carbocycles. The molecule has 1 aromatic rings. The minimum absolute atomic E-state index is 0.0856. The minimum Gasteiger partial charge on any atom is -0.458 e. The summed E-state index contributed by atoms with van der Waals surface area (Å²) in [6.45, 7) is 0. The topological polar surface area (TPSA) is 59.1 Å². The summed E-state index contributed by atoms with van der Waals surface area (Å²) in [6, 6.07) is 9.36. The molecule has 1 amide bonds. The number of hydrogen-bond donors (Lipinski definition) is 0. The number of carbonyl (C=O) groups is 2. The highest BCUT2D eigenvalue weighted by Gasteiger charge is 2.51. The van der Waals surface area contributed by atoms with Gasteiger partial charge in [-0.3, -0.25) is 14.5 Å². The SMILES string of the molecule is CON(C)C(=O)[C@@H]1C2CCC(C[C@@H]1OC(=O)c1ccccc1)N2C. The van der Waals surface area contributed by atoms with E-state index in [0.717, 1.165) is 12.8 Å². The van der Waals surface area contributed by atoms with E-state index in [1.807, 2.05) is 13.1 Å². The summed E-state index contributed by atoms with van der Waals surface area (Å²) in [5.41, 5.74) is 0.509. The van der Waals surface area contributed by atoms with Crippen molar-refractivity contribution in [1.29, 1.82) is 0 Å². The highest BCUT2D eigenvalue weighted by Crippen LogP contribution is 2.40. The second-order valence-corrected chi connectivity index (χ2v) is 6.55. The molecule has 0 aliphatic carbocycles. The van der Waals surface area contributed by atoms with E-state index in [0.29, 0.717) is 18.0 Å². The molecule has 2 aliphatic rings. The molecule has 6 nitrogen and oxygen atoms in total. The van der Waals surface area contributed by atoms with Gasteiger partial charge in [0.15, 0.2) is 0 Å². The van der Waals surface area contributed by atoms with Crippen LogP contribution in [0.2, 0.25) is 0 Å². The predicted octanol–water partition coefficient (Wildman–Crippen LogP) is 1.71. The Bertz CT molecular complexity index is 606. The lowest BCUT2D eigenvalue weighted by Crippen LogP contribution is -2.55. The molecule has 3 rings (SSSR count). The third-order valence-corrected chi connectivity index (χ3v) is 5.35. The summed E-state index contributed by atoms with van der Waals surface area (Å²) >= 11 is 0. The van der Waals surface area contributed by atoms with Crippen LogP contribution in [0.4, 0.5) is 0 Å². The summed E-state index contributed by atoms with van der Waals surface area (Å²) in [4.78, 5) is 32.5. The Morgan fingerprint density at radius 1 is 1.21 bits per heavy atom. The number of nitrogens with zero attached hydrogens (tertiary/aromatic N) is 2. The maximum atomic E-state index is 12.8. The highest BCUT2D eigenvalue weighted by atomic mass is 16.7. The first kappa shape index (κ1) is 16.9. The van der Waals surface area contributed by atoms with E-state index < -0.39 is 12.0 Å². The number of hydroxylamine groups is 2. The van der Waals surface area contributed by atoms with Crippen molar-refractivity contribution in [2.24, 2.45) is 5.92 Å². The van der Waals surface area contributed by atoms with Gasteiger partial charge in [-0.15, -0.1) is 0 Å². The zero-order valence-electron chi connectivity index (χ0n) is 14.3. The molecule has 2 unspecified atom stereocenters. The number of piperidine rings is 1. The van der Waals surface area contributed by atoms with E-state index in [4.69, 9.17) is 9.57 Å². The molecular weight excluding hydrogens is 308 g/mol. The van der Waals surface area contributed by atoms with Crippen molar-refractivity contribution in [3.8, 4) is 0 Å². The third kappa shape index (κ3) is 3.03. The van der Waals surface area contributed by atoms with Crippen LogP contribution < -0.4 is 0 Å². The smallest absolute Gasteiger partial charge is 0.338 e. The third-order valence-electron chi connectivity index (χ3n) is 5.35. The van der Waals surface area contributed by atoms with E-state index in [1.54, 1.807) is 31.3 Å². The second kappa shape index (κ2) is 6.91. The van der Waals surface area contributed by atoms with Gasteiger partial charge in [0.05, 0.1) is 18.6 Å². The monoisotopic (exact) mass is 332 g/mol. The average molecular weight is 332 g/mol. The number of hydrogen-bond acceptors (Lipinski definition) is 5. The lowest BCUT2D eigenvalue weighted by molar-refractivity contribution is -0.182. The van der Waals surface area contributed by atoms with Gasteiger partial charge in [-0.25, -0.2) is 9.86 Å². The van der Waals surface area contributed by atoms with Gasteiger partial charge in [-0.1, -0.05) is 18.2 Å². The molecule has 2 heterocycles. The van der Waals surface area contributed by atoms with Crippen LogP contribution in [0.1, 0.15) is 29.6 Å². The summed E-state index contributed by atoms with van der Waals surface area (Å²) < 4.78 is 5.77. The van der Waals surface area contributed by atoms with Crippen LogP contribution in [0, 0.1) is 5.92 Å². The van der Waals surface area contributed by atoms with Gasteiger partial charge >= 0.3 is 5.97 Å². The van der Waals surface area contributed by atoms with Gasteiger partial charge in [0.25, 0.3) is 5.91 Å². The number of fused-ring (bicyclic) bond motifs is 2. The first-order valence-electron chi connectivity index (χ1n) is 8.32. The van der Waals surface area contributed by atoms with Gasteiger partial charge in [0.2, 0.25) is 0 Å². The predicted molar refractivity (Wildman–Crippen MR) is 88.1 cm³/mol. The fourth-order valence-corrected chi connectivity index (χ4v) is 3.95. The number of benzene rings is 1. The number of esters is 1. The normalized spacial score (nSPS) is 29.3. The Morgan fingerprint density at radius 3 is 2.58 bits per heavy atom. The van der Waals surface area contributed by atoms with Gasteiger partial charge in [0, 0.05) is 25.6 Å². The molecule has 0 spiro atoms. The van der Waals surface area contributed by atoms with E-state index in [9.17, 15) is 9.59 Å². The Labute approximate surface area is 142 Å². The van der Waals surface area contributed by atoms with Crippen molar-refractivity contribution in [3.05, 3.63) is 35.9 Å². The van der Waals surface area contributed by atoms with Crippen molar-refractivity contribution >= 4 is 11.9 Å². The van der Waals surface area contributed by atoms with Crippen LogP contribution in [0.15, 0.2) is 30.3 Å². The molecule has 24 heavy (non-hydrogen) atoms. The first-order chi connectivity index (χ1) is 11.5. The largest absolute Gasteiger partial charge is 0.458 e. The van der Waals surface area contributed by atoms with Gasteiger partial charge < -0.3 is 4.74 Å². The van der Waals surface area contributed by atoms with Gasteiger partial charge in [-0.05, 0) is 32.0 Å². The van der Waals surface area contributed by atoms with E-state index >= 15 is 0 Å². The Balaban J connectivity index is 1.81. The lowest BCUT2D eigenvalue weighted by atomic mass is 9.86.